The highest BCUT2D eigenvalue weighted by Gasteiger charge is 2.39. The van der Waals surface area contributed by atoms with Gasteiger partial charge in [0, 0.05) is 18.0 Å². The number of carbonyl (C=O) groups is 1. The lowest BCUT2D eigenvalue weighted by Crippen LogP contribution is -2.49. The van der Waals surface area contributed by atoms with Gasteiger partial charge in [-0.15, -0.1) is 0 Å². The number of aliphatic hydroxyl groups excluding tert-OH is 1. The number of carboxylic acids is 1. The van der Waals surface area contributed by atoms with E-state index in [0.717, 1.165) is 73.2 Å². The van der Waals surface area contributed by atoms with Crippen LogP contribution < -0.4 is 9.75 Å². The fourth-order valence-electron chi connectivity index (χ4n) is 6.38. The zero-order valence-corrected chi connectivity index (χ0v) is 25.6. The van der Waals surface area contributed by atoms with Crippen LogP contribution in [0, 0.1) is 5.92 Å². The van der Waals surface area contributed by atoms with Crippen molar-refractivity contribution in [3.8, 4) is 16.9 Å². The largest absolute Gasteiger partial charge is 0.494 e. The van der Waals surface area contributed by atoms with Crippen molar-refractivity contribution < 1.29 is 32.9 Å². The Morgan fingerprint density at radius 1 is 1.00 bits per heavy atom. The zero-order chi connectivity index (χ0) is 32.1. The number of aryl methyl sites for hydroxylation is 1. The molecule has 1 aliphatic carbocycles. The summed E-state index contributed by atoms with van der Waals surface area (Å²) in [6.07, 6.45) is 0.590. The molecule has 0 amide bonds. The number of aliphatic hydroxyl groups is 1. The van der Waals surface area contributed by atoms with Gasteiger partial charge < -0.3 is 19.8 Å². The van der Waals surface area contributed by atoms with Crippen LogP contribution in [0.25, 0.3) is 11.1 Å². The van der Waals surface area contributed by atoms with Gasteiger partial charge in [-0.1, -0.05) is 50.1 Å². The van der Waals surface area contributed by atoms with Crippen LogP contribution >= 0.6 is 0 Å². The van der Waals surface area contributed by atoms with Crippen LogP contribution in [0.4, 0.5) is 18.9 Å². The molecule has 0 bridgehead atoms. The summed E-state index contributed by atoms with van der Waals surface area (Å²) in [6.45, 7) is 4.53. The average Bonchev–Trinajstić information content (AvgIpc) is 3.33. The van der Waals surface area contributed by atoms with Gasteiger partial charge in [-0.05, 0) is 91.6 Å². The molecule has 1 saturated carbocycles. The Hall–Kier alpha value is -4.05. The minimum absolute atomic E-state index is 0.112. The molecular formula is C35H40F3N3O4. The Morgan fingerprint density at radius 3 is 2.36 bits per heavy atom. The predicted octanol–water partition coefficient (Wildman–Crippen LogP) is 7.71. The number of amidine groups is 1. The molecule has 5 rings (SSSR count). The Labute approximate surface area is 261 Å². The molecule has 1 fully saturated rings. The van der Waals surface area contributed by atoms with E-state index in [1.165, 1.54) is 17.1 Å². The molecule has 1 heterocycles. The van der Waals surface area contributed by atoms with E-state index in [4.69, 9.17) is 9.84 Å². The van der Waals surface area contributed by atoms with Gasteiger partial charge in [0.25, 0.3) is 0 Å². The number of rotatable bonds is 11. The highest BCUT2D eigenvalue weighted by molar-refractivity contribution is 5.86. The van der Waals surface area contributed by atoms with Crippen LogP contribution in [0.5, 0.6) is 5.75 Å². The zero-order valence-electron chi connectivity index (χ0n) is 25.6. The lowest BCUT2D eigenvalue weighted by Gasteiger charge is -2.38. The molecular weight excluding hydrogens is 583 g/mol. The summed E-state index contributed by atoms with van der Waals surface area (Å²) in [7, 11) is 0. The number of ether oxygens (including phenoxy) is 1. The number of hydrazone groups is 1. The number of hydrogen-bond acceptors (Lipinski definition) is 6. The summed E-state index contributed by atoms with van der Waals surface area (Å²) in [5, 5.41) is 26.9. The van der Waals surface area contributed by atoms with E-state index in [9.17, 15) is 28.2 Å². The van der Waals surface area contributed by atoms with Gasteiger partial charge in [-0.2, -0.15) is 18.3 Å². The SMILES string of the molecule is CCOc1ccc(-c2ccc(CCCC3=NN(c4ccc(C(F)(F)F)cc4)C(O)N3C3CCCC(C)C3)cc2)cc1CC(=O)O. The fraction of sp³-hybridized carbons (Fsp3) is 0.429. The maximum absolute atomic E-state index is 13.1. The molecule has 7 nitrogen and oxygen atoms in total. The topological polar surface area (TPSA) is 85.6 Å². The van der Waals surface area contributed by atoms with Gasteiger partial charge in [0.15, 0.2) is 0 Å². The van der Waals surface area contributed by atoms with Gasteiger partial charge >= 0.3 is 12.1 Å². The molecule has 2 N–H and O–H groups in total. The predicted molar refractivity (Wildman–Crippen MR) is 168 cm³/mol. The standard InChI is InChI=1S/C35H40F3N3O4/c1-3-45-31-19-14-26(21-27(31)22-33(42)43)25-12-10-24(11-13-25)7-5-9-32-39-41(29-17-15-28(16-18-29)35(36,37)38)34(44)40(32)30-8-4-6-23(2)20-30/h10-19,21,23,30,34,44H,3-9,20,22H2,1-2H3,(H,42,43). The number of carboxylic acid groups (broad SMARTS) is 1. The number of aliphatic carboxylic acids is 1. The molecule has 3 atom stereocenters. The third kappa shape index (κ3) is 7.79. The Bertz CT molecular complexity index is 1490. The number of alkyl halides is 3. The maximum atomic E-state index is 13.1. The molecule has 3 unspecified atom stereocenters. The Balaban J connectivity index is 1.28. The summed E-state index contributed by atoms with van der Waals surface area (Å²) in [4.78, 5) is 13.3. The first-order valence-corrected chi connectivity index (χ1v) is 15.6. The van der Waals surface area contributed by atoms with Crippen molar-refractivity contribution in [3.05, 3.63) is 83.4 Å². The summed E-state index contributed by atoms with van der Waals surface area (Å²) >= 11 is 0. The molecule has 240 valence electrons. The van der Waals surface area contributed by atoms with Gasteiger partial charge in [-0.3, -0.25) is 4.79 Å². The van der Waals surface area contributed by atoms with E-state index in [-0.39, 0.29) is 12.5 Å². The van der Waals surface area contributed by atoms with Crippen LogP contribution in [-0.4, -0.2) is 45.9 Å². The van der Waals surface area contributed by atoms with Crippen LogP contribution in [0.1, 0.15) is 69.1 Å². The summed E-state index contributed by atoms with van der Waals surface area (Å²) < 4.78 is 45.0. The third-order valence-electron chi connectivity index (χ3n) is 8.61. The average molecular weight is 624 g/mol. The van der Waals surface area contributed by atoms with Crippen LogP contribution in [0.2, 0.25) is 0 Å². The lowest BCUT2D eigenvalue weighted by molar-refractivity contribution is -0.138. The molecule has 2 aliphatic rings. The van der Waals surface area contributed by atoms with Crippen molar-refractivity contribution in [2.75, 3.05) is 11.6 Å². The van der Waals surface area contributed by atoms with Crippen molar-refractivity contribution in [2.24, 2.45) is 11.0 Å². The number of anilines is 1. The van der Waals surface area contributed by atoms with Crippen molar-refractivity contribution in [1.29, 1.82) is 0 Å². The molecule has 3 aromatic carbocycles. The first kappa shape index (κ1) is 32.3. The molecule has 0 spiro atoms. The quantitative estimate of drug-likeness (QED) is 0.228. The molecule has 0 radical (unpaired) electrons. The number of halogens is 3. The van der Waals surface area contributed by atoms with Gasteiger partial charge in [0.2, 0.25) is 6.35 Å². The van der Waals surface area contributed by atoms with Crippen LogP contribution in [0.3, 0.4) is 0 Å². The number of benzene rings is 3. The van der Waals surface area contributed by atoms with Crippen molar-refractivity contribution in [3.63, 3.8) is 0 Å². The van der Waals surface area contributed by atoms with Crippen LogP contribution in [0.15, 0.2) is 71.8 Å². The van der Waals surface area contributed by atoms with E-state index >= 15 is 0 Å². The monoisotopic (exact) mass is 623 g/mol. The number of nitrogens with zero attached hydrogens (tertiary/aromatic N) is 3. The first-order chi connectivity index (χ1) is 21.5. The summed E-state index contributed by atoms with van der Waals surface area (Å²) in [6, 6.07) is 18.6. The van der Waals surface area contributed by atoms with Gasteiger partial charge in [0.1, 0.15) is 11.6 Å². The molecule has 10 heteroatoms. The lowest BCUT2D eigenvalue weighted by atomic mass is 9.86. The van der Waals surface area contributed by atoms with Crippen molar-refractivity contribution >= 4 is 17.5 Å². The molecule has 0 aromatic heterocycles. The molecule has 1 aliphatic heterocycles. The third-order valence-corrected chi connectivity index (χ3v) is 8.61. The summed E-state index contributed by atoms with van der Waals surface area (Å²) in [5.41, 5.74) is 3.32. The maximum Gasteiger partial charge on any atom is 0.416 e. The van der Waals surface area contributed by atoms with Crippen LogP contribution in [-0.2, 0) is 23.8 Å². The molecule has 45 heavy (non-hydrogen) atoms. The van der Waals surface area contributed by atoms with E-state index in [0.29, 0.717) is 35.9 Å². The minimum atomic E-state index is -4.43. The van der Waals surface area contributed by atoms with Crippen molar-refractivity contribution in [1.82, 2.24) is 4.90 Å². The first-order valence-electron chi connectivity index (χ1n) is 15.6. The second-order valence-electron chi connectivity index (χ2n) is 12.0. The smallest absolute Gasteiger partial charge is 0.416 e. The second kappa shape index (κ2) is 13.9. The minimum Gasteiger partial charge on any atom is -0.494 e. The Morgan fingerprint density at radius 2 is 1.71 bits per heavy atom. The van der Waals surface area contributed by atoms with E-state index < -0.39 is 24.1 Å². The molecule has 0 saturated heterocycles. The molecule has 3 aromatic rings. The normalized spacial score (nSPS) is 20.3. The van der Waals surface area contributed by atoms with Crippen molar-refractivity contribution in [2.45, 2.75) is 83.8 Å². The Kier molecular flexibility index (Phi) is 10.0. The van der Waals surface area contributed by atoms with E-state index in [1.807, 2.05) is 42.2 Å². The van der Waals surface area contributed by atoms with Gasteiger partial charge in [-0.25, -0.2) is 5.01 Å². The van der Waals surface area contributed by atoms with E-state index in [2.05, 4.69) is 19.1 Å². The highest BCUT2D eigenvalue weighted by atomic mass is 19.4. The van der Waals surface area contributed by atoms with E-state index in [1.54, 1.807) is 0 Å². The highest BCUT2D eigenvalue weighted by Crippen LogP contribution is 2.36. The number of hydrogen-bond donors (Lipinski definition) is 2. The summed E-state index contributed by atoms with van der Waals surface area (Å²) in [5.74, 6) is 0.931. The fourth-order valence-corrected chi connectivity index (χ4v) is 6.38. The van der Waals surface area contributed by atoms with Gasteiger partial charge in [0.05, 0.1) is 24.3 Å². The second-order valence-corrected chi connectivity index (χ2v) is 12.0.